The Morgan fingerprint density at radius 1 is 1.38 bits per heavy atom. The van der Waals surface area contributed by atoms with Gasteiger partial charge >= 0.3 is 5.97 Å². The number of carbonyl (C=O) groups is 1. The van der Waals surface area contributed by atoms with Crippen LogP contribution in [0.3, 0.4) is 0 Å². The van der Waals surface area contributed by atoms with Crippen molar-refractivity contribution in [3.8, 4) is 0 Å². The number of esters is 1. The Balaban J connectivity index is 2.69. The molecule has 0 unspecified atom stereocenters. The molecule has 0 spiro atoms. The maximum absolute atomic E-state index is 10.7. The summed E-state index contributed by atoms with van der Waals surface area (Å²) in [6, 6.07) is 0. The molecule has 74 valence electrons. The van der Waals surface area contributed by atoms with Crippen LogP contribution in [0.25, 0.3) is 0 Å². The van der Waals surface area contributed by atoms with Gasteiger partial charge in [0.25, 0.3) is 0 Å². The third kappa shape index (κ3) is 2.76. The molecule has 3 heteroatoms. The van der Waals surface area contributed by atoms with E-state index < -0.39 is 0 Å². The van der Waals surface area contributed by atoms with E-state index in [-0.39, 0.29) is 5.97 Å². The topological polar surface area (TPSA) is 29.5 Å². The van der Waals surface area contributed by atoms with Gasteiger partial charge in [0.2, 0.25) is 0 Å². The van der Waals surface area contributed by atoms with Crippen LogP contribution in [-0.2, 0) is 9.53 Å². The van der Waals surface area contributed by atoms with Crippen molar-refractivity contribution in [2.24, 2.45) is 0 Å². The zero-order valence-electron chi connectivity index (χ0n) is 8.59. The van der Waals surface area contributed by atoms with Crippen LogP contribution in [0.15, 0.2) is 11.5 Å². The Hall–Kier alpha value is -0.990. The maximum Gasteiger partial charge on any atom is 0.307 e. The lowest BCUT2D eigenvalue weighted by atomic mass is 10.1. The molecule has 0 aromatic rings. The molecule has 3 nitrogen and oxygen atoms in total. The second-order valence-electron chi connectivity index (χ2n) is 3.48. The Morgan fingerprint density at radius 2 is 2.08 bits per heavy atom. The molecule has 1 saturated heterocycles. The number of ether oxygens (including phenoxy) is 1. The van der Waals surface area contributed by atoms with Gasteiger partial charge in [-0.15, -0.1) is 0 Å². The summed E-state index contributed by atoms with van der Waals surface area (Å²) in [6.07, 6.45) is 3.45. The zero-order valence-corrected chi connectivity index (χ0v) is 8.59. The molecule has 1 heterocycles. The van der Waals surface area contributed by atoms with Crippen LogP contribution < -0.4 is 0 Å². The summed E-state index contributed by atoms with van der Waals surface area (Å²) in [7, 11) is 2.04. The molecule has 0 N–H and O–H groups in total. The number of allylic oxidation sites excluding steroid dienone is 2. The SMILES string of the molecule is CC(=O)O/C(C)=C1/CCCCN1C. The Bertz CT molecular complexity index is 233. The fourth-order valence-corrected chi connectivity index (χ4v) is 1.69. The molecular weight excluding hydrogens is 166 g/mol. The van der Waals surface area contributed by atoms with Crippen molar-refractivity contribution in [2.45, 2.75) is 33.1 Å². The lowest BCUT2D eigenvalue weighted by Crippen LogP contribution is -2.25. The lowest BCUT2D eigenvalue weighted by molar-refractivity contribution is -0.137. The molecule has 1 fully saturated rings. The van der Waals surface area contributed by atoms with E-state index in [4.69, 9.17) is 4.74 Å². The first-order valence-corrected chi connectivity index (χ1v) is 4.70. The van der Waals surface area contributed by atoms with Crippen molar-refractivity contribution in [2.75, 3.05) is 13.6 Å². The van der Waals surface area contributed by atoms with Crippen molar-refractivity contribution in [1.82, 2.24) is 4.90 Å². The smallest absolute Gasteiger partial charge is 0.307 e. The molecule has 1 aliphatic rings. The van der Waals surface area contributed by atoms with Gasteiger partial charge in [0.1, 0.15) is 5.76 Å². The fraction of sp³-hybridized carbons (Fsp3) is 0.700. The second-order valence-corrected chi connectivity index (χ2v) is 3.48. The summed E-state index contributed by atoms with van der Waals surface area (Å²) in [5.74, 6) is 0.527. The van der Waals surface area contributed by atoms with Crippen LogP contribution in [0, 0.1) is 0 Å². The predicted molar refractivity (Wildman–Crippen MR) is 50.9 cm³/mol. The van der Waals surface area contributed by atoms with E-state index >= 15 is 0 Å². The molecule has 1 aliphatic heterocycles. The van der Waals surface area contributed by atoms with Crippen molar-refractivity contribution in [3.05, 3.63) is 11.5 Å². The van der Waals surface area contributed by atoms with Gasteiger partial charge in [-0.1, -0.05) is 0 Å². The molecule has 0 bridgehead atoms. The monoisotopic (exact) mass is 183 g/mol. The molecule has 0 aromatic heterocycles. The minimum Gasteiger partial charge on any atom is -0.430 e. The van der Waals surface area contributed by atoms with Crippen LogP contribution >= 0.6 is 0 Å². The highest BCUT2D eigenvalue weighted by molar-refractivity contribution is 5.67. The van der Waals surface area contributed by atoms with Gasteiger partial charge < -0.3 is 9.64 Å². The second kappa shape index (κ2) is 4.30. The van der Waals surface area contributed by atoms with Gasteiger partial charge in [-0.2, -0.15) is 0 Å². The van der Waals surface area contributed by atoms with E-state index in [1.165, 1.54) is 25.5 Å². The van der Waals surface area contributed by atoms with Crippen LogP contribution in [0.4, 0.5) is 0 Å². The highest BCUT2D eigenvalue weighted by Gasteiger charge is 2.14. The summed E-state index contributed by atoms with van der Waals surface area (Å²) in [5, 5.41) is 0. The van der Waals surface area contributed by atoms with Gasteiger partial charge in [-0.3, -0.25) is 4.79 Å². The largest absolute Gasteiger partial charge is 0.430 e. The number of likely N-dealkylation sites (tertiary alicyclic amines) is 1. The van der Waals surface area contributed by atoms with Crippen molar-refractivity contribution in [1.29, 1.82) is 0 Å². The van der Waals surface area contributed by atoms with E-state index in [1.807, 2.05) is 14.0 Å². The third-order valence-corrected chi connectivity index (χ3v) is 2.32. The molecular formula is C10H17NO2. The summed E-state index contributed by atoms with van der Waals surface area (Å²) in [5.41, 5.74) is 1.17. The lowest BCUT2D eigenvalue weighted by Gasteiger charge is -2.28. The highest BCUT2D eigenvalue weighted by atomic mass is 16.5. The summed E-state index contributed by atoms with van der Waals surface area (Å²) >= 11 is 0. The quantitative estimate of drug-likeness (QED) is 0.459. The van der Waals surface area contributed by atoms with Crippen molar-refractivity contribution < 1.29 is 9.53 Å². The van der Waals surface area contributed by atoms with Gasteiger partial charge in [-0.25, -0.2) is 0 Å². The molecule has 13 heavy (non-hydrogen) atoms. The Labute approximate surface area is 79.4 Å². The number of piperidine rings is 1. The van der Waals surface area contributed by atoms with Crippen LogP contribution in [0.2, 0.25) is 0 Å². The number of nitrogens with zero attached hydrogens (tertiary/aromatic N) is 1. The van der Waals surface area contributed by atoms with E-state index in [1.54, 1.807) is 0 Å². The minimum absolute atomic E-state index is 0.232. The molecule has 0 radical (unpaired) electrons. The van der Waals surface area contributed by atoms with Gasteiger partial charge in [0.05, 0.1) is 5.70 Å². The maximum atomic E-state index is 10.7. The van der Waals surface area contributed by atoms with Crippen LogP contribution in [0.5, 0.6) is 0 Å². The molecule has 0 atom stereocenters. The average Bonchev–Trinajstić information content (AvgIpc) is 2.03. The Kier molecular flexibility index (Phi) is 3.34. The van der Waals surface area contributed by atoms with E-state index in [9.17, 15) is 4.79 Å². The standard InChI is InChI=1S/C10H17NO2/c1-8(13-9(2)12)10-6-4-5-7-11(10)3/h4-7H2,1-3H3/b10-8-. The fourth-order valence-electron chi connectivity index (χ4n) is 1.69. The van der Waals surface area contributed by atoms with E-state index in [2.05, 4.69) is 4.90 Å². The molecule has 1 rings (SSSR count). The van der Waals surface area contributed by atoms with Crippen molar-refractivity contribution >= 4 is 5.97 Å². The van der Waals surface area contributed by atoms with Crippen LogP contribution in [-0.4, -0.2) is 24.5 Å². The summed E-state index contributed by atoms with van der Waals surface area (Å²) in [4.78, 5) is 12.9. The number of rotatable bonds is 1. The average molecular weight is 183 g/mol. The van der Waals surface area contributed by atoms with E-state index in [0.717, 1.165) is 18.7 Å². The number of hydrogen-bond donors (Lipinski definition) is 0. The number of carbonyl (C=O) groups excluding carboxylic acids is 1. The third-order valence-electron chi connectivity index (χ3n) is 2.32. The molecule has 0 amide bonds. The first-order chi connectivity index (χ1) is 6.11. The van der Waals surface area contributed by atoms with Crippen LogP contribution in [0.1, 0.15) is 33.1 Å². The molecule has 0 aromatic carbocycles. The van der Waals surface area contributed by atoms with E-state index in [0.29, 0.717) is 0 Å². The zero-order chi connectivity index (χ0) is 9.84. The minimum atomic E-state index is -0.232. The van der Waals surface area contributed by atoms with Gasteiger partial charge in [0, 0.05) is 20.5 Å². The Morgan fingerprint density at radius 3 is 2.62 bits per heavy atom. The van der Waals surface area contributed by atoms with Gasteiger partial charge in [0.15, 0.2) is 0 Å². The number of hydrogen-bond acceptors (Lipinski definition) is 3. The molecule has 0 aliphatic carbocycles. The highest BCUT2D eigenvalue weighted by Crippen LogP contribution is 2.22. The summed E-state index contributed by atoms with van der Waals surface area (Å²) < 4.78 is 5.06. The first kappa shape index (κ1) is 10.1. The normalized spacial score (nSPS) is 21.3. The molecule has 0 saturated carbocycles. The first-order valence-electron chi connectivity index (χ1n) is 4.70. The summed E-state index contributed by atoms with van der Waals surface area (Å²) in [6.45, 7) is 4.36. The van der Waals surface area contributed by atoms with Gasteiger partial charge in [-0.05, 0) is 26.2 Å². The predicted octanol–water partition coefficient (Wildman–Crippen LogP) is 1.90. The van der Waals surface area contributed by atoms with Crippen molar-refractivity contribution in [3.63, 3.8) is 0 Å².